The molecule has 4 rings (SSSR count). The number of nitrogens with zero attached hydrogens (tertiary/aromatic N) is 1. The van der Waals surface area contributed by atoms with Gasteiger partial charge in [-0.2, -0.15) is 13.2 Å². The summed E-state index contributed by atoms with van der Waals surface area (Å²) in [5, 5.41) is 9.28. The van der Waals surface area contributed by atoms with Gasteiger partial charge in [0.1, 0.15) is 6.61 Å². The number of alkyl halides is 3. The lowest BCUT2D eigenvalue weighted by molar-refractivity contribution is -0.138. The zero-order valence-corrected chi connectivity index (χ0v) is 14.9. The van der Waals surface area contributed by atoms with Crippen LogP contribution >= 0.6 is 11.3 Å². The Morgan fingerprint density at radius 1 is 1.31 bits per heavy atom. The van der Waals surface area contributed by atoms with Crippen LogP contribution in [-0.4, -0.2) is 22.5 Å². The molecule has 2 aromatic heterocycles. The fraction of sp³-hybridized carbons (Fsp3) is 0.474. The Morgan fingerprint density at radius 2 is 2.04 bits per heavy atom. The molecule has 3 nitrogen and oxygen atoms in total. The Labute approximate surface area is 152 Å². The highest BCUT2D eigenvalue weighted by Crippen LogP contribution is 2.64. The molecule has 26 heavy (non-hydrogen) atoms. The van der Waals surface area contributed by atoms with E-state index < -0.39 is 36.0 Å². The van der Waals surface area contributed by atoms with Crippen molar-refractivity contribution in [2.75, 3.05) is 6.61 Å². The molecule has 3 atom stereocenters. The molecule has 0 unspecified atom stereocenters. The highest BCUT2D eigenvalue weighted by atomic mass is 32.1. The van der Waals surface area contributed by atoms with Crippen LogP contribution in [0.15, 0.2) is 24.4 Å². The van der Waals surface area contributed by atoms with E-state index in [0.29, 0.717) is 10.8 Å². The summed E-state index contributed by atoms with van der Waals surface area (Å²) in [5.41, 5.74) is 1.14. The molecular weight excluding hydrogens is 363 g/mol. The Morgan fingerprint density at radius 3 is 2.65 bits per heavy atom. The normalized spacial score (nSPS) is 25.3. The minimum absolute atomic E-state index is 0.205. The lowest BCUT2D eigenvalue weighted by Gasteiger charge is -2.08. The summed E-state index contributed by atoms with van der Waals surface area (Å²) < 4.78 is 40.3. The Bertz CT molecular complexity index is 857. The molecule has 138 valence electrons. The van der Waals surface area contributed by atoms with Crippen molar-refractivity contribution in [2.24, 2.45) is 5.92 Å². The zero-order valence-electron chi connectivity index (χ0n) is 14.1. The van der Waals surface area contributed by atoms with Gasteiger partial charge in [-0.25, -0.2) is 0 Å². The second kappa shape index (κ2) is 6.16. The summed E-state index contributed by atoms with van der Waals surface area (Å²) >= 11 is 1.10. The predicted molar refractivity (Wildman–Crippen MR) is 91.3 cm³/mol. The third-order valence-corrected chi connectivity index (χ3v) is 6.38. The van der Waals surface area contributed by atoms with Crippen molar-refractivity contribution >= 4 is 17.1 Å². The van der Waals surface area contributed by atoms with Gasteiger partial charge in [0.2, 0.25) is 0 Å². The van der Waals surface area contributed by atoms with Crippen molar-refractivity contribution in [3.8, 4) is 0 Å². The molecule has 2 saturated carbocycles. The number of aliphatic hydroxyl groups is 1. The maximum absolute atomic E-state index is 13.4. The molecule has 2 fully saturated rings. The smallest absolute Gasteiger partial charge is 0.389 e. The van der Waals surface area contributed by atoms with Gasteiger partial charge in [-0.15, -0.1) is 11.3 Å². The molecule has 7 heteroatoms. The molecule has 0 amide bonds. The summed E-state index contributed by atoms with van der Waals surface area (Å²) in [7, 11) is 0. The molecule has 2 aliphatic carbocycles. The molecule has 0 aliphatic heterocycles. The third kappa shape index (κ3) is 3.07. The first-order valence-corrected chi connectivity index (χ1v) is 9.40. The van der Waals surface area contributed by atoms with E-state index >= 15 is 0 Å². The molecule has 1 N–H and O–H groups in total. The number of hydrogen-bond donors (Lipinski definition) is 1. The Balaban J connectivity index is 1.73. The van der Waals surface area contributed by atoms with Crippen molar-refractivity contribution in [3.05, 3.63) is 51.0 Å². The van der Waals surface area contributed by atoms with Crippen molar-refractivity contribution in [3.63, 3.8) is 0 Å². The number of thiophene rings is 1. The van der Waals surface area contributed by atoms with Gasteiger partial charge in [-0.3, -0.25) is 9.78 Å². The van der Waals surface area contributed by atoms with Crippen LogP contribution in [0.4, 0.5) is 13.2 Å². The monoisotopic (exact) mass is 381 g/mol. The average Bonchev–Trinajstić information content (AvgIpc) is 3.50. The van der Waals surface area contributed by atoms with Crippen molar-refractivity contribution in [1.82, 2.24) is 4.98 Å². The lowest BCUT2D eigenvalue weighted by Crippen LogP contribution is -2.09. The third-order valence-electron chi connectivity index (χ3n) is 5.23. The van der Waals surface area contributed by atoms with E-state index in [0.717, 1.165) is 41.5 Å². The fourth-order valence-corrected chi connectivity index (χ4v) is 5.07. The van der Waals surface area contributed by atoms with Crippen molar-refractivity contribution in [1.29, 1.82) is 0 Å². The van der Waals surface area contributed by atoms with Gasteiger partial charge >= 0.3 is 6.18 Å². The summed E-state index contributed by atoms with van der Waals surface area (Å²) in [6, 6.07) is 4.85. The highest BCUT2D eigenvalue weighted by molar-refractivity contribution is 7.12. The van der Waals surface area contributed by atoms with Gasteiger partial charge in [0.15, 0.2) is 5.78 Å². The number of carbonyl (C=O) groups excluding carboxylic acids is 1. The van der Waals surface area contributed by atoms with Crippen LogP contribution in [0.5, 0.6) is 0 Å². The molecule has 2 aromatic rings. The fourth-order valence-electron chi connectivity index (χ4n) is 3.83. The van der Waals surface area contributed by atoms with Crippen molar-refractivity contribution in [2.45, 2.75) is 43.7 Å². The second-order valence-corrected chi connectivity index (χ2v) is 8.41. The van der Waals surface area contributed by atoms with Crippen LogP contribution < -0.4 is 0 Å². The molecular formula is C19H18F3NO2S. The van der Waals surface area contributed by atoms with Gasteiger partial charge in [-0.1, -0.05) is 0 Å². The Hall–Kier alpha value is -1.73. The maximum Gasteiger partial charge on any atom is 0.417 e. The largest absolute Gasteiger partial charge is 0.417 e. The van der Waals surface area contributed by atoms with E-state index in [1.165, 1.54) is 0 Å². The maximum atomic E-state index is 13.4. The summed E-state index contributed by atoms with van der Waals surface area (Å²) in [4.78, 5) is 17.3. The minimum Gasteiger partial charge on any atom is -0.389 e. The number of ketones is 1. The van der Waals surface area contributed by atoms with Gasteiger partial charge in [0.25, 0.3) is 0 Å². The van der Waals surface area contributed by atoms with E-state index in [1.807, 2.05) is 6.07 Å². The average molecular weight is 381 g/mol. The van der Waals surface area contributed by atoms with E-state index in [1.54, 1.807) is 19.2 Å². The molecule has 0 aromatic carbocycles. The van der Waals surface area contributed by atoms with Crippen LogP contribution in [0.1, 0.15) is 57.2 Å². The highest BCUT2D eigenvalue weighted by Gasteiger charge is 2.58. The van der Waals surface area contributed by atoms with Crippen LogP contribution in [-0.2, 0) is 11.0 Å². The van der Waals surface area contributed by atoms with Gasteiger partial charge in [0, 0.05) is 45.3 Å². The summed E-state index contributed by atoms with van der Waals surface area (Å²) in [6.07, 6.45) is -0.627. The lowest BCUT2D eigenvalue weighted by atomic mass is 10.1. The summed E-state index contributed by atoms with van der Waals surface area (Å²) in [6.45, 7) is 0.991. The number of aromatic nitrogens is 1. The second-order valence-electron chi connectivity index (χ2n) is 7.12. The van der Waals surface area contributed by atoms with E-state index in [-0.39, 0.29) is 10.8 Å². The van der Waals surface area contributed by atoms with Crippen LogP contribution in [0.3, 0.4) is 0 Å². The molecule has 2 aliphatic rings. The van der Waals surface area contributed by atoms with Gasteiger partial charge in [-0.05, 0) is 43.5 Å². The zero-order chi connectivity index (χ0) is 18.6. The van der Waals surface area contributed by atoms with E-state index in [4.69, 9.17) is 0 Å². The van der Waals surface area contributed by atoms with Crippen LogP contribution in [0.25, 0.3) is 0 Å². The number of halogens is 3. The number of aryl methyl sites for hydroxylation is 1. The van der Waals surface area contributed by atoms with Crippen LogP contribution in [0.2, 0.25) is 0 Å². The molecule has 2 heterocycles. The number of Topliss-reactive ketones (excluding diaryl/α,β-unsaturated/α-hetero) is 1. The van der Waals surface area contributed by atoms with Gasteiger partial charge < -0.3 is 5.11 Å². The number of aliphatic hydroxyl groups excluding tert-OH is 1. The number of rotatable bonds is 5. The first-order valence-electron chi connectivity index (χ1n) is 8.58. The van der Waals surface area contributed by atoms with E-state index in [9.17, 15) is 23.1 Å². The van der Waals surface area contributed by atoms with Gasteiger partial charge in [0.05, 0.1) is 5.56 Å². The van der Waals surface area contributed by atoms with Crippen LogP contribution in [0, 0.1) is 12.8 Å². The minimum atomic E-state index is -4.45. The topological polar surface area (TPSA) is 50.2 Å². The Kier molecular flexibility index (Phi) is 4.19. The molecule has 0 spiro atoms. The van der Waals surface area contributed by atoms with E-state index in [2.05, 4.69) is 4.98 Å². The predicted octanol–water partition coefficient (Wildman–Crippen LogP) is 4.41. The molecule has 0 bridgehead atoms. The first-order chi connectivity index (χ1) is 12.3. The number of carbonyl (C=O) groups is 1. The number of pyridine rings is 1. The first kappa shape index (κ1) is 17.7. The van der Waals surface area contributed by atoms with Crippen molar-refractivity contribution < 1.29 is 23.1 Å². The quantitative estimate of drug-likeness (QED) is 0.835. The number of hydrogen-bond acceptors (Lipinski definition) is 4. The standard InChI is InChI=1S/C19H18F3NO2S/c1-9-6-12(19(20,21)22)18(26-9)17-15(16(17)14(25)8-24)11-4-5-23-13(7-11)10-2-3-10/h4-7,10,15-17,24H,2-3,8H2,1H3/t15-,16-,17+/m0/s1. The molecule has 0 radical (unpaired) electrons. The molecule has 0 saturated heterocycles. The summed E-state index contributed by atoms with van der Waals surface area (Å²) in [5.74, 6) is -1.43. The SMILES string of the molecule is Cc1cc(C(F)(F)F)c([C@H]2[C@@H](C(=O)CO)[C@@H]2c2ccnc(C3CC3)c2)s1.